The predicted molar refractivity (Wildman–Crippen MR) is 95.0 cm³/mol. The van der Waals surface area contributed by atoms with Crippen LogP contribution in [-0.2, 0) is 4.79 Å². The van der Waals surface area contributed by atoms with Crippen molar-refractivity contribution in [1.82, 2.24) is 4.98 Å². The van der Waals surface area contributed by atoms with E-state index < -0.39 is 0 Å². The predicted octanol–water partition coefficient (Wildman–Crippen LogP) is 4.03. The minimum Gasteiger partial charge on any atom is -0.484 e. The zero-order valence-electron chi connectivity index (χ0n) is 11.9. The van der Waals surface area contributed by atoms with Crippen LogP contribution in [0.5, 0.6) is 5.75 Å². The maximum Gasteiger partial charge on any atom is 0.264 e. The average Bonchev–Trinajstić information content (AvgIpc) is 3.07. The summed E-state index contributed by atoms with van der Waals surface area (Å²) >= 11 is 5.38. The number of nitrogens with one attached hydrogen (secondary N) is 1. The van der Waals surface area contributed by atoms with Gasteiger partial charge in [-0.1, -0.05) is 12.1 Å². The molecule has 0 radical (unpaired) electrons. The molecule has 3 rings (SSSR count). The van der Waals surface area contributed by atoms with Crippen molar-refractivity contribution < 1.29 is 9.53 Å². The summed E-state index contributed by atoms with van der Waals surface area (Å²) in [7, 11) is 0. The molecule has 1 fully saturated rings. The number of benzene rings is 1. The van der Waals surface area contributed by atoms with Gasteiger partial charge in [0.1, 0.15) is 5.75 Å². The highest BCUT2D eigenvalue weighted by molar-refractivity contribution is 8.16. The molecule has 4 nitrogen and oxygen atoms in total. The third-order valence-corrected chi connectivity index (χ3v) is 6.73. The molecule has 0 bridgehead atoms. The second-order valence-electron chi connectivity index (χ2n) is 4.67. The van der Waals surface area contributed by atoms with E-state index in [9.17, 15) is 4.79 Å². The van der Waals surface area contributed by atoms with Crippen LogP contribution < -0.4 is 10.1 Å². The number of anilines is 1. The van der Waals surface area contributed by atoms with Gasteiger partial charge in [-0.2, -0.15) is 0 Å². The highest BCUT2D eigenvalue weighted by Gasteiger charge is 2.16. The molecule has 1 aliphatic heterocycles. The molecule has 1 N–H and O–H groups in total. The second kappa shape index (κ2) is 7.89. The minimum absolute atomic E-state index is 0.00808. The van der Waals surface area contributed by atoms with Crippen LogP contribution >= 0.6 is 34.9 Å². The number of amides is 1. The Labute approximate surface area is 142 Å². The highest BCUT2D eigenvalue weighted by Crippen LogP contribution is 2.43. The van der Waals surface area contributed by atoms with Crippen LogP contribution in [0.4, 0.5) is 5.13 Å². The Morgan fingerprint density at radius 1 is 1.27 bits per heavy atom. The first kappa shape index (κ1) is 15.7. The highest BCUT2D eigenvalue weighted by atomic mass is 32.2. The number of carbonyl (C=O) groups is 1. The Kier molecular flexibility index (Phi) is 5.64. The number of ether oxygens (including phenoxy) is 1. The lowest BCUT2D eigenvalue weighted by Crippen LogP contribution is -2.19. The number of nitrogens with zero attached hydrogens (tertiary/aromatic N) is 1. The van der Waals surface area contributed by atoms with E-state index >= 15 is 0 Å². The van der Waals surface area contributed by atoms with Gasteiger partial charge >= 0.3 is 0 Å². The normalized spacial score (nSPS) is 15.5. The van der Waals surface area contributed by atoms with Crippen molar-refractivity contribution in [3.63, 3.8) is 0 Å². The van der Waals surface area contributed by atoms with Crippen molar-refractivity contribution in [1.29, 1.82) is 0 Å². The van der Waals surface area contributed by atoms with E-state index in [4.69, 9.17) is 4.74 Å². The fourth-order valence-corrected chi connectivity index (χ4v) is 5.43. The molecular formula is C15H16N2O2S3. The molecule has 7 heteroatoms. The Morgan fingerprint density at radius 3 is 2.73 bits per heavy atom. The van der Waals surface area contributed by atoms with Crippen molar-refractivity contribution in [2.45, 2.75) is 11.0 Å². The summed E-state index contributed by atoms with van der Waals surface area (Å²) in [5.74, 6) is 2.97. The fraction of sp³-hybridized carbons (Fsp3) is 0.333. The van der Waals surface area contributed by atoms with Gasteiger partial charge in [0.25, 0.3) is 5.91 Å². The molecule has 0 atom stereocenters. The quantitative estimate of drug-likeness (QED) is 0.880. The summed E-state index contributed by atoms with van der Waals surface area (Å²) in [6.07, 6.45) is 2.95. The number of hydrogen-bond acceptors (Lipinski definition) is 6. The molecule has 2 heterocycles. The van der Waals surface area contributed by atoms with E-state index in [1.165, 1.54) is 34.8 Å². The van der Waals surface area contributed by atoms with Crippen molar-refractivity contribution in [3.8, 4) is 5.75 Å². The SMILES string of the molecule is O=C(COc1ccc(C2SCCCS2)cc1)Nc1nccs1. The zero-order chi connectivity index (χ0) is 15.2. The van der Waals surface area contributed by atoms with Crippen LogP contribution in [0.1, 0.15) is 16.6 Å². The lowest BCUT2D eigenvalue weighted by Gasteiger charge is -2.21. The maximum atomic E-state index is 11.7. The summed E-state index contributed by atoms with van der Waals surface area (Å²) in [4.78, 5) is 15.7. The van der Waals surface area contributed by atoms with Gasteiger partial charge in [-0.05, 0) is 35.6 Å². The van der Waals surface area contributed by atoms with Crippen LogP contribution in [0.25, 0.3) is 0 Å². The third kappa shape index (κ3) is 4.41. The third-order valence-electron chi connectivity index (χ3n) is 3.03. The Hall–Kier alpha value is -1.18. The van der Waals surface area contributed by atoms with E-state index in [-0.39, 0.29) is 12.5 Å². The molecule has 22 heavy (non-hydrogen) atoms. The summed E-state index contributed by atoms with van der Waals surface area (Å²) in [6, 6.07) is 8.04. The number of thioether (sulfide) groups is 2. The van der Waals surface area contributed by atoms with Crippen molar-refractivity contribution >= 4 is 45.9 Å². The molecule has 116 valence electrons. The first-order valence-electron chi connectivity index (χ1n) is 6.96. The van der Waals surface area contributed by atoms with E-state index in [1.807, 2.05) is 41.0 Å². The lowest BCUT2D eigenvalue weighted by atomic mass is 10.2. The molecule has 1 amide bonds. The van der Waals surface area contributed by atoms with E-state index in [1.54, 1.807) is 6.20 Å². The van der Waals surface area contributed by atoms with Gasteiger partial charge in [0, 0.05) is 11.6 Å². The van der Waals surface area contributed by atoms with Crippen molar-refractivity contribution in [2.75, 3.05) is 23.4 Å². The summed E-state index contributed by atoms with van der Waals surface area (Å²) in [6.45, 7) is -0.00808. The van der Waals surface area contributed by atoms with E-state index in [0.717, 1.165) is 0 Å². The number of hydrogen-bond donors (Lipinski definition) is 1. The second-order valence-corrected chi connectivity index (χ2v) is 8.29. The van der Waals surface area contributed by atoms with Gasteiger partial charge in [0.15, 0.2) is 11.7 Å². The Morgan fingerprint density at radius 2 is 2.05 bits per heavy atom. The lowest BCUT2D eigenvalue weighted by molar-refractivity contribution is -0.118. The minimum atomic E-state index is -0.197. The molecule has 0 saturated carbocycles. The largest absolute Gasteiger partial charge is 0.484 e. The van der Waals surface area contributed by atoms with Crippen LogP contribution in [0.3, 0.4) is 0 Å². The van der Waals surface area contributed by atoms with Crippen molar-refractivity contribution in [3.05, 3.63) is 41.4 Å². The monoisotopic (exact) mass is 352 g/mol. The summed E-state index contributed by atoms with van der Waals surface area (Å²) in [5.41, 5.74) is 1.31. The van der Waals surface area contributed by atoms with Gasteiger partial charge in [-0.15, -0.1) is 34.9 Å². The maximum absolute atomic E-state index is 11.7. The number of aromatic nitrogens is 1. The van der Waals surface area contributed by atoms with Crippen LogP contribution in [0.15, 0.2) is 35.8 Å². The van der Waals surface area contributed by atoms with Gasteiger partial charge in [0.05, 0.1) is 4.58 Å². The molecule has 1 saturated heterocycles. The first-order valence-corrected chi connectivity index (χ1v) is 9.94. The summed E-state index contributed by atoms with van der Waals surface area (Å²) < 4.78 is 6.03. The fourth-order valence-electron chi connectivity index (χ4n) is 1.99. The smallest absolute Gasteiger partial charge is 0.264 e. The van der Waals surface area contributed by atoms with E-state index in [0.29, 0.717) is 15.5 Å². The molecule has 0 unspecified atom stereocenters. The number of rotatable bonds is 5. The van der Waals surface area contributed by atoms with Crippen molar-refractivity contribution in [2.24, 2.45) is 0 Å². The molecule has 0 spiro atoms. The standard InChI is InChI=1S/C15H16N2O2S3/c18-13(17-15-16-6-9-22-15)10-19-12-4-2-11(3-5-12)14-20-7-1-8-21-14/h2-6,9,14H,1,7-8,10H2,(H,16,17,18). The van der Waals surface area contributed by atoms with E-state index in [2.05, 4.69) is 22.4 Å². The molecule has 1 aromatic carbocycles. The zero-order valence-corrected chi connectivity index (χ0v) is 14.3. The first-order chi connectivity index (χ1) is 10.8. The Bertz CT molecular complexity index is 596. The Balaban J connectivity index is 1.49. The van der Waals surface area contributed by atoms with Gasteiger partial charge in [-0.25, -0.2) is 4.98 Å². The number of carbonyl (C=O) groups excluding carboxylic acids is 1. The molecule has 1 aliphatic rings. The molecule has 1 aromatic heterocycles. The molecular weight excluding hydrogens is 336 g/mol. The topological polar surface area (TPSA) is 51.2 Å². The van der Waals surface area contributed by atoms with Crippen LogP contribution in [-0.4, -0.2) is 29.0 Å². The van der Waals surface area contributed by atoms with Crippen LogP contribution in [0, 0.1) is 0 Å². The van der Waals surface area contributed by atoms with Gasteiger partial charge in [0.2, 0.25) is 0 Å². The summed E-state index contributed by atoms with van der Waals surface area (Å²) in [5, 5.41) is 5.10. The van der Waals surface area contributed by atoms with Gasteiger partial charge < -0.3 is 4.74 Å². The average molecular weight is 353 g/mol. The number of thiazole rings is 1. The van der Waals surface area contributed by atoms with Crippen LogP contribution in [0.2, 0.25) is 0 Å². The molecule has 2 aromatic rings. The molecule has 0 aliphatic carbocycles. The van der Waals surface area contributed by atoms with Gasteiger partial charge in [-0.3, -0.25) is 10.1 Å².